The maximum Gasteiger partial charge on any atom is 0.151 e. The third-order valence-corrected chi connectivity index (χ3v) is 5.05. The standard InChI is InChI=1S/C11H24N2O2S/c1-2-9-16(14,15)10-8-13(7-6-12)11-4-3-5-11/h11H,2-10,12H2,1H3. The quantitative estimate of drug-likeness (QED) is 0.684. The number of hydrogen-bond acceptors (Lipinski definition) is 4. The molecule has 0 aliphatic heterocycles. The minimum Gasteiger partial charge on any atom is -0.329 e. The van der Waals surface area contributed by atoms with E-state index >= 15 is 0 Å². The van der Waals surface area contributed by atoms with Gasteiger partial charge in [-0.25, -0.2) is 8.42 Å². The largest absolute Gasteiger partial charge is 0.329 e. The molecule has 0 amide bonds. The Morgan fingerprint density at radius 2 is 1.94 bits per heavy atom. The monoisotopic (exact) mass is 248 g/mol. The van der Waals surface area contributed by atoms with Crippen molar-refractivity contribution in [3.63, 3.8) is 0 Å². The van der Waals surface area contributed by atoms with E-state index in [4.69, 9.17) is 5.73 Å². The molecule has 0 heterocycles. The lowest BCUT2D eigenvalue weighted by Crippen LogP contribution is -2.45. The van der Waals surface area contributed by atoms with Crippen LogP contribution >= 0.6 is 0 Å². The van der Waals surface area contributed by atoms with Crippen molar-refractivity contribution in [1.82, 2.24) is 4.90 Å². The lowest BCUT2D eigenvalue weighted by Gasteiger charge is -2.37. The second kappa shape index (κ2) is 6.57. The van der Waals surface area contributed by atoms with Crippen LogP contribution in [0.1, 0.15) is 32.6 Å². The molecule has 1 saturated carbocycles. The molecule has 0 saturated heterocycles. The Kier molecular flexibility index (Phi) is 5.72. The number of nitrogens with zero attached hydrogens (tertiary/aromatic N) is 1. The van der Waals surface area contributed by atoms with Gasteiger partial charge in [-0.15, -0.1) is 0 Å². The predicted molar refractivity (Wildman–Crippen MR) is 67.2 cm³/mol. The summed E-state index contributed by atoms with van der Waals surface area (Å²) in [5.74, 6) is 0.603. The van der Waals surface area contributed by atoms with E-state index in [1.807, 2.05) is 6.92 Å². The second-order valence-electron chi connectivity index (χ2n) is 4.56. The number of rotatable bonds is 8. The summed E-state index contributed by atoms with van der Waals surface area (Å²) >= 11 is 0. The fourth-order valence-corrected chi connectivity index (χ4v) is 3.40. The van der Waals surface area contributed by atoms with Gasteiger partial charge in [-0.05, 0) is 19.3 Å². The predicted octanol–water partition coefficient (Wildman–Crippen LogP) is 0.624. The lowest BCUT2D eigenvalue weighted by atomic mass is 9.91. The third kappa shape index (κ3) is 4.39. The zero-order valence-electron chi connectivity index (χ0n) is 10.2. The zero-order chi connectivity index (χ0) is 12.0. The van der Waals surface area contributed by atoms with Gasteiger partial charge in [-0.2, -0.15) is 0 Å². The van der Waals surface area contributed by atoms with Crippen LogP contribution in [0.4, 0.5) is 0 Å². The molecular weight excluding hydrogens is 224 g/mol. The molecule has 0 atom stereocenters. The molecule has 1 fully saturated rings. The molecule has 0 aromatic rings. The zero-order valence-corrected chi connectivity index (χ0v) is 11.0. The normalized spacial score (nSPS) is 17.7. The van der Waals surface area contributed by atoms with Crippen molar-refractivity contribution in [2.75, 3.05) is 31.1 Å². The molecule has 96 valence electrons. The Bertz CT molecular complexity index is 286. The molecule has 0 radical (unpaired) electrons. The van der Waals surface area contributed by atoms with E-state index in [2.05, 4.69) is 4.90 Å². The van der Waals surface area contributed by atoms with Gasteiger partial charge >= 0.3 is 0 Å². The summed E-state index contributed by atoms with van der Waals surface area (Å²) in [5.41, 5.74) is 5.55. The Morgan fingerprint density at radius 1 is 1.25 bits per heavy atom. The third-order valence-electron chi connectivity index (χ3n) is 3.21. The van der Waals surface area contributed by atoms with Gasteiger partial charge in [-0.3, -0.25) is 4.90 Å². The molecule has 1 aliphatic rings. The smallest absolute Gasteiger partial charge is 0.151 e. The van der Waals surface area contributed by atoms with E-state index in [1.54, 1.807) is 0 Å². The van der Waals surface area contributed by atoms with Gasteiger partial charge in [0.15, 0.2) is 9.84 Å². The maximum atomic E-state index is 11.6. The van der Waals surface area contributed by atoms with Gasteiger partial charge < -0.3 is 5.73 Å². The first-order valence-corrected chi connectivity index (χ1v) is 8.05. The van der Waals surface area contributed by atoms with Gasteiger partial charge in [0.1, 0.15) is 0 Å². The fourth-order valence-electron chi connectivity index (χ4n) is 2.06. The van der Waals surface area contributed by atoms with Crippen LogP contribution in [-0.4, -0.2) is 50.5 Å². The highest BCUT2D eigenvalue weighted by molar-refractivity contribution is 7.91. The molecule has 5 heteroatoms. The SMILES string of the molecule is CCCS(=O)(=O)CCN(CCN)C1CCC1. The van der Waals surface area contributed by atoms with E-state index in [9.17, 15) is 8.42 Å². The van der Waals surface area contributed by atoms with Gasteiger partial charge in [0, 0.05) is 31.4 Å². The summed E-state index contributed by atoms with van der Waals surface area (Å²) in [6, 6.07) is 0.584. The Morgan fingerprint density at radius 3 is 2.38 bits per heavy atom. The first-order chi connectivity index (χ1) is 7.59. The van der Waals surface area contributed by atoms with Crippen molar-refractivity contribution in [1.29, 1.82) is 0 Å². The Hall–Kier alpha value is -0.130. The first kappa shape index (κ1) is 13.9. The second-order valence-corrected chi connectivity index (χ2v) is 6.86. The average molecular weight is 248 g/mol. The van der Waals surface area contributed by atoms with Crippen LogP contribution in [0.15, 0.2) is 0 Å². The van der Waals surface area contributed by atoms with Gasteiger partial charge in [0.05, 0.1) is 5.75 Å². The highest BCUT2D eigenvalue weighted by Gasteiger charge is 2.25. The molecule has 0 spiro atoms. The minimum absolute atomic E-state index is 0.289. The molecule has 4 nitrogen and oxygen atoms in total. The van der Waals surface area contributed by atoms with Crippen LogP contribution in [0, 0.1) is 0 Å². The maximum absolute atomic E-state index is 11.6. The number of hydrogen-bond donors (Lipinski definition) is 1. The van der Waals surface area contributed by atoms with Crippen LogP contribution < -0.4 is 5.73 Å². The van der Waals surface area contributed by atoms with E-state index in [-0.39, 0.29) is 5.75 Å². The summed E-state index contributed by atoms with van der Waals surface area (Å²) in [4.78, 5) is 2.25. The fraction of sp³-hybridized carbons (Fsp3) is 1.00. The minimum atomic E-state index is -2.85. The van der Waals surface area contributed by atoms with E-state index in [1.165, 1.54) is 19.3 Å². The topological polar surface area (TPSA) is 63.4 Å². The van der Waals surface area contributed by atoms with Crippen molar-refractivity contribution in [2.45, 2.75) is 38.6 Å². The Labute approximate surface area is 99.1 Å². The van der Waals surface area contributed by atoms with E-state index in [0.717, 1.165) is 6.54 Å². The summed E-state index contributed by atoms with van der Waals surface area (Å²) in [5, 5.41) is 0. The average Bonchev–Trinajstić information content (AvgIpc) is 2.12. The molecule has 16 heavy (non-hydrogen) atoms. The van der Waals surface area contributed by atoms with Crippen LogP contribution in [0.5, 0.6) is 0 Å². The van der Waals surface area contributed by atoms with Crippen LogP contribution in [-0.2, 0) is 9.84 Å². The molecule has 1 rings (SSSR count). The number of sulfone groups is 1. The van der Waals surface area contributed by atoms with Crippen LogP contribution in [0.3, 0.4) is 0 Å². The molecule has 0 unspecified atom stereocenters. The van der Waals surface area contributed by atoms with Crippen molar-refractivity contribution < 1.29 is 8.42 Å². The lowest BCUT2D eigenvalue weighted by molar-refractivity contribution is 0.139. The van der Waals surface area contributed by atoms with Crippen molar-refractivity contribution >= 4 is 9.84 Å². The molecule has 1 aliphatic carbocycles. The molecule has 0 aromatic heterocycles. The van der Waals surface area contributed by atoms with E-state index in [0.29, 0.717) is 31.3 Å². The first-order valence-electron chi connectivity index (χ1n) is 6.23. The van der Waals surface area contributed by atoms with Crippen molar-refractivity contribution in [3.8, 4) is 0 Å². The highest BCUT2D eigenvalue weighted by atomic mass is 32.2. The van der Waals surface area contributed by atoms with Crippen LogP contribution in [0.25, 0.3) is 0 Å². The van der Waals surface area contributed by atoms with Crippen molar-refractivity contribution in [3.05, 3.63) is 0 Å². The summed E-state index contributed by atoms with van der Waals surface area (Å²) in [6.07, 6.45) is 4.39. The van der Waals surface area contributed by atoms with Gasteiger partial charge in [0.25, 0.3) is 0 Å². The molecule has 2 N–H and O–H groups in total. The van der Waals surface area contributed by atoms with E-state index < -0.39 is 9.84 Å². The van der Waals surface area contributed by atoms with Crippen molar-refractivity contribution in [2.24, 2.45) is 5.73 Å². The van der Waals surface area contributed by atoms with Crippen LogP contribution in [0.2, 0.25) is 0 Å². The molecular formula is C11H24N2O2S. The van der Waals surface area contributed by atoms with Gasteiger partial charge in [-0.1, -0.05) is 13.3 Å². The van der Waals surface area contributed by atoms with Gasteiger partial charge in [0.2, 0.25) is 0 Å². The summed E-state index contributed by atoms with van der Waals surface area (Å²) in [6.45, 7) is 4.00. The molecule has 0 aromatic carbocycles. The summed E-state index contributed by atoms with van der Waals surface area (Å²) < 4.78 is 23.2. The highest BCUT2D eigenvalue weighted by Crippen LogP contribution is 2.24. The Balaban J connectivity index is 2.36. The molecule has 0 bridgehead atoms. The number of nitrogens with two attached hydrogens (primary N) is 1. The summed E-state index contributed by atoms with van der Waals surface area (Å²) in [7, 11) is -2.85.